The molecule has 2 aliphatic rings. The van der Waals surface area contributed by atoms with E-state index >= 15 is 0 Å². The number of aryl methyl sites for hydroxylation is 2. The van der Waals surface area contributed by atoms with Crippen LogP contribution >= 0.6 is 11.3 Å². The highest BCUT2D eigenvalue weighted by Crippen LogP contribution is 2.52. The highest BCUT2D eigenvalue weighted by molar-refractivity contribution is 7.11. The number of hydrogen-bond acceptors (Lipinski definition) is 3. The summed E-state index contributed by atoms with van der Waals surface area (Å²) in [5.41, 5.74) is 1.68. The van der Waals surface area contributed by atoms with Crippen molar-refractivity contribution < 1.29 is 0 Å². The van der Waals surface area contributed by atoms with Gasteiger partial charge in [-0.3, -0.25) is 0 Å². The van der Waals surface area contributed by atoms with Gasteiger partial charge in [-0.15, -0.1) is 11.3 Å². The van der Waals surface area contributed by atoms with E-state index in [1.807, 2.05) is 11.3 Å². The second-order valence-corrected chi connectivity index (χ2v) is 9.42. The normalized spacial score (nSPS) is 30.6. The highest BCUT2D eigenvalue weighted by atomic mass is 32.1. The largest absolute Gasteiger partial charge is 0.302 e. The molecule has 2 fully saturated rings. The van der Waals surface area contributed by atoms with Crippen LogP contribution in [-0.2, 0) is 5.54 Å². The number of rotatable bonds is 3. The molecule has 0 spiro atoms. The van der Waals surface area contributed by atoms with Gasteiger partial charge in [0.15, 0.2) is 0 Å². The van der Waals surface area contributed by atoms with E-state index in [1.165, 1.54) is 54.1 Å². The molecule has 118 valence electrons. The van der Waals surface area contributed by atoms with Crippen molar-refractivity contribution in [2.75, 3.05) is 0 Å². The van der Waals surface area contributed by atoms with Crippen molar-refractivity contribution in [1.29, 1.82) is 0 Å². The Balaban J connectivity index is 2.05. The van der Waals surface area contributed by atoms with E-state index in [1.54, 1.807) is 0 Å². The minimum Gasteiger partial charge on any atom is -0.302 e. The van der Waals surface area contributed by atoms with Crippen LogP contribution in [0.2, 0.25) is 0 Å². The fourth-order valence-electron chi connectivity index (χ4n) is 4.09. The number of aromatic nitrogens is 1. The molecule has 1 N–H and O–H groups in total. The van der Waals surface area contributed by atoms with Gasteiger partial charge in [0.25, 0.3) is 0 Å². The van der Waals surface area contributed by atoms with Gasteiger partial charge in [0.1, 0.15) is 5.01 Å². The van der Waals surface area contributed by atoms with Crippen LogP contribution in [0.1, 0.15) is 74.9 Å². The minimum atomic E-state index is 0.126. The molecule has 2 nitrogen and oxygen atoms in total. The van der Waals surface area contributed by atoms with E-state index in [4.69, 9.17) is 4.98 Å². The van der Waals surface area contributed by atoms with Crippen LogP contribution in [0.5, 0.6) is 0 Å². The first kappa shape index (κ1) is 15.5. The molecule has 2 unspecified atom stereocenters. The number of nitrogens with zero attached hydrogens (tertiary/aromatic N) is 1. The fraction of sp³-hybridized carbons (Fsp3) is 0.833. The Morgan fingerprint density at radius 3 is 2.38 bits per heavy atom. The standard InChI is InChI=1S/C18H30N2S/c1-12-13(2)21-16(19-12)18(20-14-9-10-14)11-7-6-8-15(18)17(3,4)5/h14-15,20H,6-11H2,1-5H3. The molecule has 3 rings (SSSR count). The van der Waals surface area contributed by atoms with Crippen molar-refractivity contribution in [3.8, 4) is 0 Å². The zero-order valence-electron chi connectivity index (χ0n) is 14.3. The van der Waals surface area contributed by atoms with Crippen LogP contribution in [0.15, 0.2) is 0 Å². The lowest BCUT2D eigenvalue weighted by atomic mass is 9.62. The van der Waals surface area contributed by atoms with Crippen molar-refractivity contribution in [3.63, 3.8) is 0 Å². The molecule has 0 radical (unpaired) electrons. The van der Waals surface area contributed by atoms with Crippen molar-refractivity contribution >= 4 is 11.3 Å². The van der Waals surface area contributed by atoms with Gasteiger partial charge >= 0.3 is 0 Å². The molecular weight excluding hydrogens is 276 g/mol. The third-order valence-electron chi connectivity index (χ3n) is 5.40. The topological polar surface area (TPSA) is 24.9 Å². The minimum absolute atomic E-state index is 0.126. The van der Waals surface area contributed by atoms with Gasteiger partial charge in [-0.2, -0.15) is 0 Å². The van der Waals surface area contributed by atoms with E-state index < -0.39 is 0 Å². The van der Waals surface area contributed by atoms with E-state index in [-0.39, 0.29) is 5.54 Å². The van der Waals surface area contributed by atoms with Gasteiger partial charge in [0.05, 0.1) is 11.2 Å². The van der Waals surface area contributed by atoms with Gasteiger partial charge in [0, 0.05) is 10.9 Å². The van der Waals surface area contributed by atoms with Crippen LogP contribution in [0.3, 0.4) is 0 Å². The first-order valence-corrected chi connectivity index (χ1v) is 9.37. The van der Waals surface area contributed by atoms with Gasteiger partial charge < -0.3 is 5.32 Å². The number of thiazole rings is 1. The van der Waals surface area contributed by atoms with Gasteiger partial charge in [-0.1, -0.05) is 33.6 Å². The lowest BCUT2D eigenvalue weighted by molar-refractivity contribution is 0.0460. The molecule has 0 saturated heterocycles. The zero-order valence-corrected chi connectivity index (χ0v) is 15.1. The molecule has 21 heavy (non-hydrogen) atoms. The predicted molar refractivity (Wildman–Crippen MR) is 90.8 cm³/mol. The van der Waals surface area contributed by atoms with Gasteiger partial charge in [-0.25, -0.2) is 4.98 Å². The second-order valence-electron chi connectivity index (χ2n) is 8.21. The summed E-state index contributed by atoms with van der Waals surface area (Å²) in [5, 5.41) is 5.43. The maximum Gasteiger partial charge on any atom is 0.114 e. The maximum atomic E-state index is 5.01. The lowest BCUT2D eigenvalue weighted by Crippen LogP contribution is -2.55. The van der Waals surface area contributed by atoms with Crippen molar-refractivity contribution in [2.45, 2.75) is 84.7 Å². The molecule has 1 heterocycles. The Morgan fingerprint density at radius 1 is 1.14 bits per heavy atom. The quantitative estimate of drug-likeness (QED) is 0.855. The Bertz CT molecular complexity index is 490. The first-order valence-electron chi connectivity index (χ1n) is 8.55. The maximum absolute atomic E-state index is 5.01. The summed E-state index contributed by atoms with van der Waals surface area (Å²) < 4.78 is 0. The van der Waals surface area contributed by atoms with Crippen molar-refractivity contribution in [2.24, 2.45) is 11.3 Å². The van der Waals surface area contributed by atoms with Crippen molar-refractivity contribution in [1.82, 2.24) is 10.3 Å². The van der Waals surface area contributed by atoms with E-state index in [0.29, 0.717) is 11.3 Å². The smallest absolute Gasteiger partial charge is 0.114 e. The predicted octanol–water partition coefficient (Wildman–Crippen LogP) is 4.94. The summed E-state index contributed by atoms with van der Waals surface area (Å²) in [6, 6.07) is 0.734. The van der Waals surface area contributed by atoms with Crippen LogP contribution in [0.25, 0.3) is 0 Å². The van der Waals surface area contributed by atoms with Crippen LogP contribution in [0, 0.1) is 25.2 Å². The van der Waals surface area contributed by atoms with E-state index in [9.17, 15) is 0 Å². The van der Waals surface area contributed by atoms with Gasteiger partial charge in [-0.05, 0) is 50.9 Å². The molecule has 0 aromatic carbocycles. The average molecular weight is 307 g/mol. The summed E-state index contributed by atoms with van der Waals surface area (Å²) >= 11 is 1.94. The molecule has 0 bridgehead atoms. The Labute approximate surface area is 133 Å². The Kier molecular flexibility index (Phi) is 3.94. The molecule has 1 aromatic rings. The lowest BCUT2D eigenvalue weighted by Gasteiger charge is -2.50. The van der Waals surface area contributed by atoms with Crippen LogP contribution in [-0.4, -0.2) is 11.0 Å². The SMILES string of the molecule is Cc1nc(C2(NC3CC3)CCCCC2C(C)(C)C)sc1C. The summed E-state index contributed by atoms with van der Waals surface area (Å²) in [6.07, 6.45) is 8.01. The Hall–Kier alpha value is -0.410. The monoisotopic (exact) mass is 306 g/mol. The number of nitrogens with one attached hydrogen (secondary N) is 1. The summed E-state index contributed by atoms with van der Waals surface area (Å²) in [6.45, 7) is 11.6. The number of hydrogen-bond donors (Lipinski definition) is 1. The fourth-order valence-corrected chi connectivity index (χ4v) is 5.24. The highest BCUT2D eigenvalue weighted by Gasteiger charge is 2.51. The summed E-state index contributed by atoms with van der Waals surface area (Å²) in [7, 11) is 0. The van der Waals surface area contributed by atoms with E-state index in [2.05, 4.69) is 39.9 Å². The van der Waals surface area contributed by atoms with Gasteiger partial charge in [0.2, 0.25) is 0 Å². The molecule has 2 atom stereocenters. The third-order valence-corrected chi connectivity index (χ3v) is 6.65. The zero-order chi connectivity index (χ0) is 15.3. The van der Waals surface area contributed by atoms with Crippen molar-refractivity contribution in [3.05, 3.63) is 15.6 Å². The molecule has 2 saturated carbocycles. The molecule has 3 heteroatoms. The average Bonchev–Trinajstić information content (AvgIpc) is 3.14. The summed E-state index contributed by atoms with van der Waals surface area (Å²) in [4.78, 5) is 6.40. The van der Waals surface area contributed by atoms with Crippen LogP contribution in [0.4, 0.5) is 0 Å². The molecule has 2 aliphatic carbocycles. The third kappa shape index (κ3) is 2.92. The summed E-state index contributed by atoms with van der Waals surface area (Å²) in [5.74, 6) is 0.685. The molecule has 0 aliphatic heterocycles. The van der Waals surface area contributed by atoms with Crippen LogP contribution < -0.4 is 5.32 Å². The molecule has 0 amide bonds. The molecule has 1 aromatic heterocycles. The molecular formula is C18H30N2S. The van der Waals surface area contributed by atoms with E-state index in [0.717, 1.165) is 6.04 Å². The second kappa shape index (κ2) is 5.34. The first-order chi connectivity index (χ1) is 9.83. The Morgan fingerprint density at radius 2 is 1.86 bits per heavy atom.